The zero-order valence-corrected chi connectivity index (χ0v) is 17.5. The lowest BCUT2D eigenvalue weighted by Crippen LogP contribution is -2.07. The minimum absolute atomic E-state index is 0.115. The Kier molecular flexibility index (Phi) is 6.28. The van der Waals surface area contributed by atoms with Crippen LogP contribution in [0.3, 0.4) is 0 Å². The maximum atomic E-state index is 14.9. The van der Waals surface area contributed by atoms with E-state index in [1.807, 2.05) is 12.1 Å². The van der Waals surface area contributed by atoms with Gasteiger partial charge in [-0.2, -0.15) is 0 Å². The number of aryl methyl sites for hydroxylation is 1. The second-order valence-electron chi connectivity index (χ2n) is 8.12. The minimum Gasteiger partial charge on any atom is -0.373 e. The summed E-state index contributed by atoms with van der Waals surface area (Å²) in [7, 11) is 0. The molecule has 1 aliphatic rings. The Bertz CT molecular complexity index is 1090. The first kappa shape index (κ1) is 21.4. The summed E-state index contributed by atoms with van der Waals surface area (Å²) in [6.45, 7) is 5.97. The summed E-state index contributed by atoms with van der Waals surface area (Å²) < 4.78 is 49.1. The third-order valence-corrected chi connectivity index (χ3v) is 6.03. The molecule has 2 unspecified atom stereocenters. The number of benzene rings is 3. The van der Waals surface area contributed by atoms with Crippen LogP contribution in [0.25, 0.3) is 22.3 Å². The lowest BCUT2D eigenvalue weighted by atomic mass is 9.96. The first-order valence-electron chi connectivity index (χ1n) is 10.6. The predicted molar refractivity (Wildman–Crippen MR) is 118 cm³/mol. The summed E-state index contributed by atoms with van der Waals surface area (Å²) >= 11 is 0. The fraction of sp³-hybridized carbons (Fsp3) is 0.259. The van der Waals surface area contributed by atoms with Crippen molar-refractivity contribution < 1.29 is 17.9 Å². The first-order valence-corrected chi connectivity index (χ1v) is 10.6. The van der Waals surface area contributed by atoms with Gasteiger partial charge in [0.1, 0.15) is 5.82 Å². The number of ether oxygens (including phenoxy) is 1. The molecule has 4 heteroatoms. The van der Waals surface area contributed by atoms with Crippen molar-refractivity contribution in [2.75, 3.05) is 6.61 Å². The largest absolute Gasteiger partial charge is 0.373 e. The normalized spacial score (nSPS) is 19.1. The van der Waals surface area contributed by atoms with Crippen molar-refractivity contribution in [3.05, 3.63) is 95.8 Å². The third-order valence-electron chi connectivity index (χ3n) is 6.03. The molecule has 0 spiro atoms. The highest BCUT2D eigenvalue weighted by Gasteiger charge is 2.20. The smallest absolute Gasteiger partial charge is 0.166 e. The molecule has 1 heterocycles. The van der Waals surface area contributed by atoms with Gasteiger partial charge in [-0.25, -0.2) is 13.2 Å². The van der Waals surface area contributed by atoms with Gasteiger partial charge in [-0.05, 0) is 60.4 Å². The summed E-state index contributed by atoms with van der Waals surface area (Å²) in [5.41, 5.74) is 2.96. The molecule has 1 aliphatic heterocycles. The molecule has 0 amide bonds. The number of halogens is 3. The molecular weight excluding hydrogens is 397 g/mol. The fourth-order valence-electron chi connectivity index (χ4n) is 4.08. The summed E-state index contributed by atoms with van der Waals surface area (Å²) in [6.07, 6.45) is 4.72. The van der Waals surface area contributed by atoms with E-state index in [2.05, 4.69) is 6.58 Å². The Hall–Kier alpha value is -2.85. The number of hydrogen-bond donors (Lipinski definition) is 0. The van der Waals surface area contributed by atoms with Crippen molar-refractivity contribution in [1.82, 2.24) is 0 Å². The van der Waals surface area contributed by atoms with Gasteiger partial charge in [0.25, 0.3) is 0 Å². The SMILES string of the molecule is C=CC1CCCC(c2ccc(-c3ccc(-c4ccc(C)c(F)c4F)cc3)c(F)c2)OC1. The minimum atomic E-state index is -0.870. The average molecular weight is 422 g/mol. The van der Waals surface area contributed by atoms with E-state index in [1.165, 1.54) is 13.0 Å². The Morgan fingerprint density at radius 3 is 2.23 bits per heavy atom. The van der Waals surface area contributed by atoms with Gasteiger partial charge in [0.05, 0.1) is 12.7 Å². The maximum absolute atomic E-state index is 14.9. The molecule has 0 saturated carbocycles. The number of rotatable bonds is 4. The van der Waals surface area contributed by atoms with Crippen LogP contribution in [0.4, 0.5) is 13.2 Å². The van der Waals surface area contributed by atoms with Crippen molar-refractivity contribution in [2.45, 2.75) is 32.3 Å². The second-order valence-corrected chi connectivity index (χ2v) is 8.12. The lowest BCUT2D eigenvalue weighted by Gasteiger charge is -2.17. The van der Waals surface area contributed by atoms with Gasteiger partial charge in [-0.3, -0.25) is 0 Å². The van der Waals surface area contributed by atoms with Crippen LogP contribution in [0.5, 0.6) is 0 Å². The van der Waals surface area contributed by atoms with Gasteiger partial charge in [0, 0.05) is 11.1 Å². The molecule has 0 aromatic heterocycles. The molecule has 3 aromatic rings. The standard InChI is InChI=1S/C27H25F3O/c1-3-18-5-4-6-25(31-16-18)21-12-14-22(24(28)15-21)19-8-10-20(11-9-19)23-13-7-17(2)26(29)27(23)30/h3,7-15,18,25H,1,4-6,16H2,2H3. The van der Waals surface area contributed by atoms with E-state index in [0.29, 0.717) is 29.2 Å². The van der Waals surface area contributed by atoms with Gasteiger partial charge < -0.3 is 4.74 Å². The molecule has 3 aromatic carbocycles. The summed E-state index contributed by atoms with van der Waals surface area (Å²) in [6, 6.07) is 15.1. The highest BCUT2D eigenvalue weighted by molar-refractivity contribution is 5.71. The van der Waals surface area contributed by atoms with Gasteiger partial charge in [0.2, 0.25) is 0 Å². The van der Waals surface area contributed by atoms with Gasteiger partial charge in [-0.15, -0.1) is 6.58 Å². The van der Waals surface area contributed by atoms with Gasteiger partial charge in [0.15, 0.2) is 11.6 Å². The predicted octanol–water partition coefficient (Wildman–Crippen LogP) is 7.79. The van der Waals surface area contributed by atoms with Crippen LogP contribution in [0.1, 0.15) is 36.5 Å². The van der Waals surface area contributed by atoms with Gasteiger partial charge in [-0.1, -0.05) is 54.6 Å². The van der Waals surface area contributed by atoms with Crippen LogP contribution in [0, 0.1) is 30.3 Å². The molecule has 0 radical (unpaired) electrons. The molecule has 1 saturated heterocycles. The fourth-order valence-corrected chi connectivity index (χ4v) is 4.08. The van der Waals surface area contributed by atoms with E-state index >= 15 is 0 Å². The molecule has 1 nitrogen and oxygen atoms in total. The van der Waals surface area contributed by atoms with E-state index in [9.17, 15) is 13.2 Å². The molecule has 2 atom stereocenters. The molecule has 0 N–H and O–H groups in total. The van der Waals surface area contributed by atoms with E-state index in [0.717, 1.165) is 24.8 Å². The Balaban J connectivity index is 1.56. The molecular formula is C27H25F3O. The summed E-state index contributed by atoms with van der Waals surface area (Å²) in [5.74, 6) is -1.70. The summed E-state index contributed by atoms with van der Waals surface area (Å²) in [5, 5.41) is 0. The highest BCUT2D eigenvalue weighted by Crippen LogP contribution is 2.34. The quantitative estimate of drug-likeness (QED) is 0.390. The lowest BCUT2D eigenvalue weighted by molar-refractivity contribution is 0.0471. The molecule has 4 rings (SSSR count). The van der Waals surface area contributed by atoms with Crippen LogP contribution in [0.15, 0.2) is 67.3 Å². The van der Waals surface area contributed by atoms with Crippen molar-refractivity contribution in [3.8, 4) is 22.3 Å². The number of hydrogen-bond acceptors (Lipinski definition) is 1. The highest BCUT2D eigenvalue weighted by atomic mass is 19.2. The van der Waals surface area contributed by atoms with Crippen LogP contribution in [0.2, 0.25) is 0 Å². The molecule has 1 fully saturated rings. The van der Waals surface area contributed by atoms with Crippen molar-refractivity contribution in [1.29, 1.82) is 0 Å². The Labute approximate surface area is 181 Å². The van der Waals surface area contributed by atoms with E-state index in [-0.39, 0.29) is 23.0 Å². The van der Waals surface area contributed by atoms with Crippen LogP contribution in [-0.2, 0) is 4.74 Å². The monoisotopic (exact) mass is 422 g/mol. The molecule has 0 bridgehead atoms. The maximum Gasteiger partial charge on any atom is 0.166 e. The molecule has 0 aliphatic carbocycles. The van der Waals surface area contributed by atoms with E-state index < -0.39 is 11.6 Å². The van der Waals surface area contributed by atoms with E-state index in [1.54, 1.807) is 42.5 Å². The average Bonchev–Trinajstić information content (AvgIpc) is 3.04. The van der Waals surface area contributed by atoms with Gasteiger partial charge >= 0.3 is 0 Å². The molecule has 160 valence electrons. The molecule has 31 heavy (non-hydrogen) atoms. The van der Waals surface area contributed by atoms with Crippen LogP contribution < -0.4 is 0 Å². The Morgan fingerprint density at radius 2 is 1.55 bits per heavy atom. The van der Waals surface area contributed by atoms with Crippen molar-refractivity contribution in [3.63, 3.8) is 0 Å². The zero-order chi connectivity index (χ0) is 22.0. The van der Waals surface area contributed by atoms with Crippen LogP contribution >= 0.6 is 0 Å². The van der Waals surface area contributed by atoms with Crippen molar-refractivity contribution in [2.24, 2.45) is 5.92 Å². The van der Waals surface area contributed by atoms with Crippen LogP contribution in [-0.4, -0.2) is 6.61 Å². The van der Waals surface area contributed by atoms with E-state index in [4.69, 9.17) is 4.74 Å². The third kappa shape index (κ3) is 4.45. The topological polar surface area (TPSA) is 9.23 Å². The summed E-state index contributed by atoms with van der Waals surface area (Å²) in [4.78, 5) is 0. The second kappa shape index (κ2) is 9.11. The first-order chi connectivity index (χ1) is 15.0. The zero-order valence-electron chi connectivity index (χ0n) is 17.5. The van der Waals surface area contributed by atoms with Crippen molar-refractivity contribution >= 4 is 0 Å². The Morgan fingerprint density at radius 1 is 0.871 bits per heavy atom.